The molecule has 3 rings (SSSR count). The third-order valence-electron chi connectivity index (χ3n) is 4.63. The number of fused-ring (bicyclic) bond motifs is 1. The summed E-state index contributed by atoms with van der Waals surface area (Å²) in [5.74, 6) is -0.402. The van der Waals surface area contributed by atoms with E-state index in [9.17, 15) is 14.4 Å². The topological polar surface area (TPSA) is 70.2 Å². The van der Waals surface area contributed by atoms with Crippen LogP contribution < -0.4 is 0 Å². The molecule has 25 heavy (non-hydrogen) atoms. The molecule has 3 amide bonds. The standard InChI is InChI=1S/C18H23N3O4/c1-2-25-18(24)20-12-10-19(11-13-20)8-5-9-21-16(22)14-6-3-4-7-15(14)17(21)23/h3-4,6-7H,2,5,8-13H2,1H3. The van der Waals surface area contributed by atoms with Gasteiger partial charge in [-0.25, -0.2) is 4.79 Å². The Labute approximate surface area is 147 Å². The van der Waals surface area contributed by atoms with Gasteiger partial charge in [0.1, 0.15) is 0 Å². The van der Waals surface area contributed by atoms with Gasteiger partial charge < -0.3 is 9.64 Å². The highest BCUT2D eigenvalue weighted by Gasteiger charge is 2.34. The molecule has 0 bridgehead atoms. The summed E-state index contributed by atoms with van der Waals surface area (Å²) in [6.07, 6.45) is 0.471. The quantitative estimate of drug-likeness (QED) is 0.756. The molecule has 0 aromatic heterocycles. The molecule has 134 valence electrons. The van der Waals surface area contributed by atoms with E-state index in [1.165, 1.54) is 4.90 Å². The molecular formula is C18H23N3O4. The van der Waals surface area contributed by atoms with Gasteiger partial charge in [0.05, 0.1) is 17.7 Å². The van der Waals surface area contributed by atoms with Gasteiger partial charge in [-0.15, -0.1) is 0 Å². The van der Waals surface area contributed by atoms with Gasteiger partial charge in [-0.05, 0) is 32.0 Å². The van der Waals surface area contributed by atoms with E-state index in [1.54, 1.807) is 36.1 Å². The largest absolute Gasteiger partial charge is 0.450 e. The van der Waals surface area contributed by atoms with Crippen LogP contribution in [0, 0.1) is 0 Å². The average molecular weight is 345 g/mol. The minimum atomic E-state index is -0.256. The molecule has 0 atom stereocenters. The molecule has 1 saturated heterocycles. The van der Waals surface area contributed by atoms with E-state index in [2.05, 4.69) is 4.90 Å². The molecule has 0 radical (unpaired) electrons. The Hall–Kier alpha value is -2.41. The van der Waals surface area contributed by atoms with E-state index in [0.717, 1.165) is 26.1 Å². The first-order valence-electron chi connectivity index (χ1n) is 8.71. The Morgan fingerprint density at radius 1 is 1.00 bits per heavy atom. The SMILES string of the molecule is CCOC(=O)N1CCN(CCCN2C(=O)c3ccccc3C2=O)CC1. The van der Waals surface area contributed by atoms with Gasteiger partial charge in [-0.1, -0.05) is 12.1 Å². The van der Waals surface area contributed by atoms with Crippen LogP contribution in [0.1, 0.15) is 34.1 Å². The number of imide groups is 1. The maximum Gasteiger partial charge on any atom is 0.409 e. The van der Waals surface area contributed by atoms with Gasteiger partial charge in [-0.3, -0.25) is 19.4 Å². The highest BCUT2D eigenvalue weighted by Crippen LogP contribution is 2.22. The number of nitrogens with zero attached hydrogens (tertiary/aromatic N) is 3. The minimum Gasteiger partial charge on any atom is -0.450 e. The summed E-state index contributed by atoms with van der Waals surface area (Å²) in [6.45, 7) is 6.25. The molecule has 0 saturated carbocycles. The highest BCUT2D eigenvalue weighted by atomic mass is 16.6. The van der Waals surface area contributed by atoms with Crippen molar-refractivity contribution in [3.8, 4) is 0 Å². The van der Waals surface area contributed by atoms with Crippen LogP contribution in [-0.2, 0) is 4.74 Å². The maximum atomic E-state index is 12.3. The second-order valence-corrected chi connectivity index (χ2v) is 6.19. The molecule has 2 aliphatic heterocycles. The van der Waals surface area contributed by atoms with E-state index in [-0.39, 0.29) is 17.9 Å². The first kappa shape index (κ1) is 17.4. The van der Waals surface area contributed by atoms with Crippen LogP contribution in [0.4, 0.5) is 4.79 Å². The zero-order valence-electron chi connectivity index (χ0n) is 14.4. The summed E-state index contributed by atoms with van der Waals surface area (Å²) in [6, 6.07) is 6.95. The summed E-state index contributed by atoms with van der Waals surface area (Å²) in [5, 5.41) is 0. The van der Waals surface area contributed by atoms with Crippen LogP contribution in [0.3, 0.4) is 0 Å². The molecule has 7 nitrogen and oxygen atoms in total. The molecule has 7 heteroatoms. The third-order valence-corrected chi connectivity index (χ3v) is 4.63. The van der Waals surface area contributed by atoms with Crippen molar-refractivity contribution in [2.24, 2.45) is 0 Å². The predicted octanol–water partition coefficient (Wildman–Crippen LogP) is 1.45. The number of carbonyl (C=O) groups is 3. The molecule has 0 spiro atoms. The van der Waals surface area contributed by atoms with Gasteiger partial charge in [0.25, 0.3) is 11.8 Å². The average Bonchev–Trinajstić information content (AvgIpc) is 2.88. The number of amides is 3. The van der Waals surface area contributed by atoms with E-state index in [0.29, 0.717) is 37.4 Å². The molecule has 2 heterocycles. The van der Waals surface area contributed by atoms with E-state index in [4.69, 9.17) is 4.74 Å². The summed E-state index contributed by atoms with van der Waals surface area (Å²) in [5.41, 5.74) is 0.992. The van der Waals surface area contributed by atoms with Crippen molar-refractivity contribution < 1.29 is 19.1 Å². The predicted molar refractivity (Wildman–Crippen MR) is 91.5 cm³/mol. The first-order chi connectivity index (χ1) is 12.1. The fraction of sp³-hybridized carbons (Fsp3) is 0.500. The van der Waals surface area contributed by atoms with Gasteiger partial charge >= 0.3 is 6.09 Å². The Balaban J connectivity index is 1.44. The van der Waals surface area contributed by atoms with Gasteiger partial charge in [-0.2, -0.15) is 0 Å². The zero-order valence-corrected chi connectivity index (χ0v) is 14.4. The lowest BCUT2D eigenvalue weighted by Gasteiger charge is -2.34. The number of benzene rings is 1. The molecule has 0 aliphatic carbocycles. The van der Waals surface area contributed by atoms with E-state index >= 15 is 0 Å². The number of piperazine rings is 1. The minimum absolute atomic E-state index is 0.201. The molecule has 1 aromatic carbocycles. The lowest BCUT2D eigenvalue weighted by molar-refractivity contribution is 0.0627. The van der Waals surface area contributed by atoms with Crippen molar-refractivity contribution in [3.05, 3.63) is 35.4 Å². The first-order valence-corrected chi connectivity index (χ1v) is 8.71. The smallest absolute Gasteiger partial charge is 0.409 e. The Bertz CT molecular complexity index is 633. The molecule has 2 aliphatic rings. The maximum absolute atomic E-state index is 12.3. The molecule has 1 fully saturated rings. The van der Waals surface area contributed by atoms with Gasteiger partial charge in [0.2, 0.25) is 0 Å². The van der Waals surface area contributed by atoms with Crippen LogP contribution in [0.25, 0.3) is 0 Å². The van der Waals surface area contributed by atoms with Gasteiger partial charge in [0, 0.05) is 32.7 Å². The number of hydrogen-bond donors (Lipinski definition) is 0. The lowest BCUT2D eigenvalue weighted by atomic mass is 10.1. The van der Waals surface area contributed by atoms with Crippen LogP contribution in [0.5, 0.6) is 0 Å². The molecule has 0 N–H and O–H groups in total. The summed E-state index contributed by atoms with van der Waals surface area (Å²) in [7, 11) is 0. The number of ether oxygens (including phenoxy) is 1. The molecule has 1 aromatic rings. The Kier molecular flexibility index (Phi) is 5.33. The highest BCUT2D eigenvalue weighted by molar-refractivity contribution is 6.21. The van der Waals surface area contributed by atoms with Crippen molar-refractivity contribution in [2.45, 2.75) is 13.3 Å². The third kappa shape index (κ3) is 3.66. The van der Waals surface area contributed by atoms with Crippen LogP contribution >= 0.6 is 0 Å². The molecule has 0 unspecified atom stereocenters. The summed E-state index contributed by atoms with van der Waals surface area (Å²) in [4.78, 5) is 41.6. The normalized spacial score (nSPS) is 17.8. The van der Waals surface area contributed by atoms with Crippen molar-refractivity contribution in [1.82, 2.24) is 14.7 Å². The van der Waals surface area contributed by atoms with Crippen LogP contribution in [-0.4, -0.2) is 78.5 Å². The monoisotopic (exact) mass is 345 g/mol. The summed E-state index contributed by atoms with van der Waals surface area (Å²) >= 11 is 0. The fourth-order valence-electron chi connectivity index (χ4n) is 3.26. The van der Waals surface area contributed by atoms with Crippen LogP contribution in [0.15, 0.2) is 24.3 Å². The van der Waals surface area contributed by atoms with Crippen molar-refractivity contribution in [1.29, 1.82) is 0 Å². The van der Waals surface area contributed by atoms with E-state index in [1.807, 2.05) is 0 Å². The number of rotatable bonds is 5. The Morgan fingerprint density at radius 3 is 2.16 bits per heavy atom. The zero-order chi connectivity index (χ0) is 17.8. The van der Waals surface area contributed by atoms with Crippen molar-refractivity contribution in [3.63, 3.8) is 0 Å². The fourth-order valence-corrected chi connectivity index (χ4v) is 3.26. The van der Waals surface area contributed by atoms with Crippen molar-refractivity contribution in [2.75, 3.05) is 45.9 Å². The second-order valence-electron chi connectivity index (χ2n) is 6.19. The second kappa shape index (κ2) is 7.65. The number of hydrogen-bond acceptors (Lipinski definition) is 5. The Morgan fingerprint density at radius 2 is 1.60 bits per heavy atom. The van der Waals surface area contributed by atoms with Gasteiger partial charge in [0.15, 0.2) is 0 Å². The summed E-state index contributed by atoms with van der Waals surface area (Å²) < 4.78 is 5.01. The van der Waals surface area contributed by atoms with E-state index < -0.39 is 0 Å². The van der Waals surface area contributed by atoms with Crippen LogP contribution in [0.2, 0.25) is 0 Å². The van der Waals surface area contributed by atoms with Crippen molar-refractivity contribution >= 4 is 17.9 Å². The molecular weight excluding hydrogens is 322 g/mol. The lowest BCUT2D eigenvalue weighted by Crippen LogP contribution is -2.49. The number of carbonyl (C=O) groups excluding carboxylic acids is 3.